The normalized spacial score (nSPS) is 14.3. The SMILES string of the molecule is Cc1ccc(CNC(=O)[C@H](Cc2ccccc2)N(Cc2ccc(Cl)cc2)C(=O)COc2ccc(S(=O)(=O)N3CCOCC3)cc2)cc1. The van der Waals surface area contributed by atoms with E-state index in [4.69, 9.17) is 21.1 Å². The molecular formula is C36H38ClN3O6S. The Balaban J connectivity index is 1.35. The summed E-state index contributed by atoms with van der Waals surface area (Å²) >= 11 is 6.13. The highest BCUT2D eigenvalue weighted by atomic mass is 35.5. The molecule has 0 aromatic heterocycles. The van der Waals surface area contributed by atoms with Crippen molar-refractivity contribution in [3.05, 3.63) is 130 Å². The lowest BCUT2D eigenvalue weighted by molar-refractivity contribution is -0.142. The first-order valence-electron chi connectivity index (χ1n) is 15.4. The minimum Gasteiger partial charge on any atom is -0.484 e. The number of morpholine rings is 1. The highest BCUT2D eigenvalue weighted by Crippen LogP contribution is 2.22. The van der Waals surface area contributed by atoms with Crippen LogP contribution in [0.1, 0.15) is 22.3 Å². The van der Waals surface area contributed by atoms with Gasteiger partial charge >= 0.3 is 0 Å². The average Bonchev–Trinajstić information content (AvgIpc) is 3.10. The van der Waals surface area contributed by atoms with Crippen LogP contribution < -0.4 is 10.1 Å². The summed E-state index contributed by atoms with van der Waals surface area (Å²) in [6, 6.07) is 29.7. The second kappa shape index (κ2) is 16.1. The summed E-state index contributed by atoms with van der Waals surface area (Å²) in [4.78, 5) is 29.5. The predicted octanol–water partition coefficient (Wildman–Crippen LogP) is 5.00. The maximum atomic E-state index is 13.9. The van der Waals surface area contributed by atoms with E-state index in [0.29, 0.717) is 43.6 Å². The predicted molar refractivity (Wildman–Crippen MR) is 180 cm³/mol. The summed E-state index contributed by atoms with van der Waals surface area (Å²) < 4.78 is 38.6. The molecule has 0 unspecified atom stereocenters. The van der Waals surface area contributed by atoms with E-state index >= 15 is 0 Å². The zero-order chi connectivity index (χ0) is 33.2. The summed E-state index contributed by atoms with van der Waals surface area (Å²) in [5.41, 5.74) is 3.76. The van der Waals surface area contributed by atoms with Crippen LogP contribution in [0, 0.1) is 6.92 Å². The van der Waals surface area contributed by atoms with Gasteiger partial charge in [0.05, 0.1) is 18.1 Å². The number of benzene rings is 4. The number of aryl methyl sites for hydroxylation is 1. The van der Waals surface area contributed by atoms with Crippen LogP contribution in [-0.2, 0) is 43.9 Å². The molecule has 2 amide bonds. The fraction of sp³-hybridized carbons (Fsp3) is 0.278. The first-order chi connectivity index (χ1) is 22.7. The number of hydrogen-bond acceptors (Lipinski definition) is 6. The third-order valence-corrected chi connectivity index (χ3v) is 10.1. The molecule has 4 aromatic rings. The zero-order valence-electron chi connectivity index (χ0n) is 26.2. The topological polar surface area (TPSA) is 105 Å². The summed E-state index contributed by atoms with van der Waals surface area (Å²) in [6.07, 6.45) is 0.286. The summed E-state index contributed by atoms with van der Waals surface area (Å²) in [7, 11) is -3.67. The number of nitrogens with zero attached hydrogens (tertiary/aromatic N) is 2. The van der Waals surface area contributed by atoms with Crippen molar-refractivity contribution in [2.75, 3.05) is 32.9 Å². The van der Waals surface area contributed by atoms with Gasteiger partial charge in [-0.05, 0) is 60.0 Å². The maximum absolute atomic E-state index is 13.9. The average molecular weight is 676 g/mol. The largest absolute Gasteiger partial charge is 0.484 e. The molecule has 0 aliphatic carbocycles. The van der Waals surface area contributed by atoms with Crippen LogP contribution >= 0.6 is 11.6 Å². The number of carbonyl (C=O) groups is 2. The second-order valence-electron chi connectivity index (χ2n) is 11.3. The lowest BCUT2D eigenvalue weighted by atomic mass is 10.0. The number of sulfonamides is 1. The van der Waals surface area contributed by atoms with Gasteiger partial charge in [0.15, 0.2) is 6.61 Å². The van der Waals surface area contributed by atoms with E-state index in [2.05, 4.69) is 5.32 Å². The number of ether oxygens (including phenoxy) is 2. The molecule has 1 atom stereocenters. The Hall–Kier alpha value is -4.22. The molecule has 1 heterocycles. The van der Waals surface area contributed by atoms with Crippen molar-refractivity contribution in [2.45, 2.75) is 37.4 Å². The summed E-state index contributed by atoms with van der Waals surface area (Å²) in [5.74, 6) is -0.375. The Morgan fingerprint density at radius 2 is 1.51 bits per heavy atom. The van der Waals surface area contributed by atoms with Crippen molar-refractivity contribution < 1.29 is 27.5 Å². The fourth-order valence-electron chi connectivity index (χ4n) is 5.23. The van der Waals surface area contributed by atoms with Crippen molar-refractivity contribution in [1.29, 1.82) is 0 Å². The molecule has 1 aliphatic rings. The first kappa shape index (κ1) is 34.1. The molecule has 1 saturated heterocycles. The molecule has 9 nitrogen and oxygen atoms in total. The number of halogens is 1. The van der Waals surface area contributed by atoms with Gasteiger partial charge in [0, 0.05) is 37.6 Å². The van der Waals surface area contributed by atoms with Crippen molar-refractivity contribution in [1.82, 2.24) is 14.5 Å². The Bertz CT molecular complexity index is 1730. The maximum Gasteiger partial charge on any atom is 0.261 e. The van der Waals surface area contributed by atoms with Gasteiger partial charge in [-0.1, -0.05) is 83.9 Å². The van der Waals surface area contributed by atoms with Crippen molar-refractivity contribution in [3.63, 3.8) is 0 Å². The molecule has 246 valence electrons. The fourth-order valence-corrected chi connectivity index (χ4v) is 6.76. The van der Waals surface area contributed by atoms with Crippen molar-refractivity contribution >= 4 is 33.4 Å². The lowest BCUT2D eigenvalue weighted by Gasteiger charge is -2.31. The van der Waals surface area contributed by atoms with Crippen LogP contribution in [0.4, 0.5) is 0 Å². The van der Waals surface area contributed by atoms with Gasteiger partial charge in [0.1, 0.15) is 11.8 Å². The Labute approximate surface area is 281 Å². The third-order valence-electron chi connectivity index (χ3n) is 7.92. The van der Waals surface area contributed by atoms with Gasteiger partial charge in [0.2, 0.25) is 15.9 Å². The molecule has 11 heteroatoms. The number of amides is 2. The molecule has 4 aromatic carbocycles. The van der Waals surface area contributed by atoms with E-state index in [1.807, 2.05) is 73.7 Å². The van der Waals surface area contributed by atoms with Gasteiger partial charge in [-0.25, -0.2) is 8.42 Å². The minimum atomic E-state index is -3.67. The summed E-state index contributed by atoms with van der Waals surface area (Å²) in [6.45, 7) is 3.38. The molecule has 0 bridgehead atoms. The number of rotatable bonds is 13. The van der Waals surface area contributed by atoms with Crippen LogP contribution in [0.25, 0.3) is 0 Å². The molecule has 47 heavy (non-hydrogen) atoms. The van der Waals surface area contributed by atoms with Gasteiger partial charge < -0.3 is 19.7 Å². The van der Waals surface area contributed by atoms with Gasteiger partial charge in [0.25, 0.3) is 5.91 Å². The number of carbonyl (C=O) groups excluding carboxylic acids is 2. The zero-order valence-corrected chi connectivity index (χ0v) is 27.8. The van der Waals surface area contributed by atoms with Gasteiger partial charge in [-0.3, -0.25) is 9.59 Å². The molecule has 0 saturated carbocycles. The molecular weight excluding hydrogens is 638 g/mol. The highest BCUT2D eigenvalue weighted by Gasteiger charge is 2.31. The van der Waals surface area contributed by atoms with E-state index in [-0.39, 0.29) is 30.4 Å². The quantitative estimate of drug-likeness (QED) is 0.214. The third kappa shape index (κ3) is 9.42. The van der Waals surface area contributed by atoms with E-state index < -0.39 is 22.0 Å². The number of nitrogens with one attached hydrogen (secondary N) is 1. The molecule has 1 N–H and O–H groups in total. The first-order valence-corrected chi connectivity index (χ1v) is 17.2. The Morgan fingerprint density at radius 1 is 0.872 bits per heavy atom. The second-order valence-corrected chi connectivity index (χ2v) is 13.7. The molecule has 0 spiro atoms. The van der Waals surface area contributed by atoms with E-state index in [1.54, 1.807) is 12.1 Å². The smallest absolute Gasteiger partial charge is 0.261 e. The molecule has 1 aliphatic heterocycles. The van der Waals surface area contributed by atoms with Gasteiger partial charge in [-0.15, -0.1) is 0 Å². The van der Waals surface area contributed by atoms with Crippen LogP contribution in [0.15, 0.2) is 108 Å². The molecule has 5 rings (SSSR count). The Kier molecular flexibility index (Phi) is 11.7. The highest BCUT2D eigenvalue weighted by molar-refractivity contribution is 7.89. The minimum absolute atomic E-state index is 0.135. The van der Waals surface area contributed by atoms with Crippen LogP contribution in [-0.4, -0.2) is 68.4 Å². The van der Waals surface area contributed by atoms with Crippen molar-refractivity contribution in [2.24, 2.45) is 0 Å². The van der Waals surface area contributed by atoms with E-state index in [1.165, 1.54) is 33.5 Å². The van der Waals surface area contributed by atoms with Crippen LogP contribution in [0.3, 0.4) is 0 Å². The standard InChI is InChI=1S/C36H38ClN3O6S/c1-27-7-9-29(10-8-27)24-38-36(42)34(23-28-5-3-2-4-6-28)40(25-30-11-13-31(37)14-12-30)35(41)26-46-32-15-17-33(18-16-32)47(43,44)39-19-21-45-22-20-39/h2-18,34H,19-26H2,1H3,(H,38,42)/t34-/m0/s1. The van der Waals surface area contributed by atoms with Crippen molar-refractivity contribution in [3.8, 4) is 5.75 Å². The van der Waals surface area contributed by atoms with Crippen LogP contribution in [0.2, 0.25) is 5.02 Å². The van der Waals surface area contributed by atoms with Crippen LogP contribution in [0.5, 0.6) is 5.75 Å². The Morgan fingerprint density at radius 3 is 2.17 bits per heavy atom. The van der Waals surface area contributed by atoms with Gasteiger partial charge in [-0.2, -0.15) is 4.31 Å². The summed E-state index contributed by atoms with van der Waals surface area (Å²) in [5, 5.41) is 3.59. The molecule has 1 fully saturated rings. The molecule has 0 radical (unpaired) electrons. The van der Waals surface area contributed by atoms with E-state index in [9.17, 15) is 18.0 Å². The lowest BCUT2D eigenvalue weighted by Crippen LogP contribution is -2.51. The van der Waals surface area contributed by atoms with E-state index in [0.717, 1.165) is 22.3 Å². The number of hydrogen-bond donors (Lipinski definition) is 1. The monoisotopic (exact) mass is 675 g/mol.